The van der Waals surface area contributed by atoms with Crippen LogP contribution < -0.4 is 5.73 Å². The molecule has 0 aromatic heterocycles. The second-order valence-electron chi connectivity index (χ2n) is 4.12. The Morgan fingerprint density at radius 3 is 1.89 bits per heavy atom. The molecule has 19 heavy (non-hydrogen) atoms. The van der Waals surface area contributed by atoms with Crippen LogP contribution in [0.25, 0.3) is 0 Å². The molecular weight excluding hydrogens is 268 g/mol. The SMILES string of the molecule is NCc1ccc(CS(=O)(=O)N(CCO)CCO)cc1. The molecule has 0 unspecified atom stereocenters. The molecule has 0 aliphatic heterocycles. The first-order valence-electron chi connectivity index (χ1n) is 6.01. The van der Waals surface area contributed by atoms with Crippen molar-refractivity contribution in [2.45, 2.75) is 12.3 Å². The van der Waals surface area contributed by atoms with Gasteiger partial charge in [-0.3, -0.25) is 0 Å². The van der Waals surface area contributed by atoms with Crippen molar-refractivity contribution in [2.24, 2.45) is 5.73 Å². The van der Waals surface area contributed by atoms with Crippen LogP contribution in [-0.4, -0.2) is 49.2 Å². The van der Waals surface area contributed by atoms with E-state index in [1.54, 1.807) is 24.3 Å². The fourth-order valence-corrected chi connectivity index (χ4v) is 3.20. The maximum absolute atomic E-state index is 12.1. The minimum Gasteiger partial charge on any atom is -0.395 e. The van der Waals surface area contributed by atoms with Gasteiger partial charge in [-0.1, -0.05) is 24.3 Å². The Labute approximate surface area is 113 Å². The highest BCUT2D eigenvalue weighted by Crippen LogP contribution is 2.11. The average Bonchev–Trinajstić information content (AvgIpc) is 2.39. The van der Waals surface area contributed by atoms with E-state index in [1.807, 2.05) is 0 Å². The van der Waals surface area contributed by atoms with Gasteiger partial charge in [-0.2, -0.15) is 4.31 Å². The molecule has 0 saturated heterocycles. The lowest BCUT2D eigenvalue weighted by Crippen LogP contribution is -2.36. The molecule has 0 atom stereocenters. The summed E-state index contributed by atoms with van der Waals surface area (Å²) in [6.07, 6.45) is 0. The van der Waals surface area contributed by atoms with Crippen LogP contribution in [0.4, 0.5) is 0 Å². The molecule has 0 amide bonds. The Bertz CT molecular complexity index is 467. The van der Waals surface area contributed by atoms with Gasteiger partial charge in [0, 0.05) is 19.6 Å². The number of hydrogen-bond donors (Lipinski definition) is 3. The van der Waals surface area contributed by atoms with E-state index in [-0.39, 0.29) is 32.1 Å². The number of benzene rings is 1. The van der Waals surface area contributed by atoms with E-state index in [1.165, 1.54) is 0 Å². The zero-order valence-corrected chi connectivity index (χ0v) is 11.5. The van der Waals surface area contributed by atoms with Crippen LogP contribution in [0.2, 0.25) is 0 Å². The fraction of sp³-hybridized carbons (Fsp3) is 0.500. The van der Waals surface area contributed by atoms with E-state index in [0.717, 1.165) is 9.87 Å². The largest absolute Gasteiger partial charge is 0.395 e. The summed E-state index contributed by atoms with van der Waals surface area (Å²) in [5, 5.41) is 17.7. The van der Waals surface area contributed by atoms with Gasteiger partial charge in [0.15, 0.2) is 0 Å². The quantitative estimate of drug-likeness (QED) is 0.584. The first-order chi connectivity index (χ1) is 9.03. The van der Waals surface area contributed by atoms with Crippen molar-refractivity contribution in [1.82, 2.24) is 4.31 Å². The molecule has 0 spiro atoms. The molecule has 0 aliphatic carbocycles. The van der Waals surface area contributed by atoms with E-state index in [2.05, 4.69) is 0 Å². The van der Waals surface area contributed by atoms with Gasteiger partial charge in [-0.05, 0) is 11.1 Å². The molecule has 7 heteroatoms. The summed E-state index contributed by atoms with van der Waals surface area (Å²) in [4.78, 5) is 0. The molecule has 1 rings (SSSR count). The predicted molar refractivity (Wildman–Crippen MR) is 72.7 cm³/mol. The van der Waals surface area contributed by atoms with Gasteiger partial charge >= 0.3 is 0 Å². The normalized spacial score (nSPS) is 12.0. The maximum atomic E-state index is 12.1. The summed E-state index contributed by atoms with van der Waals surface area (Å²) in [6.45, 7) is -0.154. The van der Waals surface area contributed by atoms with Gasteiger partial charge in [0.1, 0.15) is 0 Å². The van der Waals surface area contributed by atoms with Crippen LogP contribution in [0.15, 0.2) is 24.3 Å². The van der Waals surface area contributed by atoms with Crippen molar-refractivity contribution in [2.75, 3.05) is 26.3 Å². The summed E-state index contributed by atoms with van der Waals surface area (Å²) in [5.74, 6) is -0.155. The molecule has 0 bridgehead atoms. The Morgan fingerprint density at radius 2 is 1.47 bits per heavy atom. The summed E-state index contributed by atoms with van der Waals surface area (Å²) in [7, 11) is -3.54. The Balaban J connectivity index is 2.81. The maximum Gasteiger partial charge on any atom is 0.218 e. The van der Waals surface area contributed by atoms with Crippen molar-refractivity contribution < 1.29 is 18.6 Å². The highest BCUT2D eigenvalue weighted by atomic mass is 32.2. The smallest absolute Gasteiger partial charge is 0.218 e. The van der Waals surface area contributed by atoms with Crippen molar-refractivity contribution in [3.63, 3.8) is 0 Å². The molecule has 0 saturated carbocycles. The Morgan fingerprint density at radius 1 is 1.00 bits per heavy atom. The summed E-state index contributed by atoms with van der Waals surface area (Å²) < 4.78 is 25.3. The molecule has 1 aromatic carbocycles. The molecule has 6 nitrogen and oxygen atoms in total. The minimum atomic E-state index is -3.54. The summed E-state index contributed by atoms with van der Waals surface area (Å²) in [6, 6.07) is 7.01. The lowest BCUT2D eigenvalue weighted by molar-refractivity contribution is 0.217. The zero-order chi connectivity index (χ0) is 14.3. The van der Waals surface area contributed by atoms with Gasteiger partial charge in [0.2, 0.25) is 10.0 Å². The van der Waals surface area contributed by atoms with Gasteiger partial charge in [-0.25, -0.2) is 8.42 Å². The molecule has 108 valence electrons. The topological polar surface area (TPSA) is 104 Å². The van der Waals surface area contributed by atoms with Crippen LogP contribution in [0.5, 0.6) is 0 Å². The highest BCUT2D eigenvalue weighted by molar-refractivity contribution is 7.88. The third kappa shape index (κ3) is 4.88. The molecule has 0 heterocycles. The number of nitrogens with two attached hydrogens (primary N) is 1. The lowest BCUT2D eigenvalue weighted by Gasteiger charge is -2.20. The zero-order valence-electron chi connectivity index (χ0n) is 10.7. The summed E-state index contributed by atoms with van der Waals surface area (Å²) in [5.41, 5.74) is 7.06. The predicted octanol–water partition coefficient (Wildman–Crippen LogP) is -0.738. The van der Waals surface area contributed by atoms with E-state index in [4.69, 9.17) is 15.9 Å². The van der Waals surface area contributed by atoms with Crippen LogP contribution in [-0.2, 0) is 22.3 Å². The van der Waals surface area contributed by atoms with Gasteiger partial charge in [0.05, 0.1) is 19.0 Å². The van der Waals surface area contributed by atoms with Gasteiger partial charge < -0.3 is 15.9 Å². The van der Waals surface area contributed by atoms with E-state index < -0.39 is 10.0 Å². The first-order valence-corrected chi connectivity index (χ1v) is 7.62. The standard InChI is InChI=1S/C12H20N2O4S/c13-9-11-1-3-12(4-2-11)10-19(17,18)14(5-7-15)6-8-16/h1-4,15-16H,5-10,13H2. The third-order valence-corrected chi connectivity index (χ3v) is 4.55. The van der Waals surface area contributed by atoms with Crippen LogP contribution in [0.1, 0.15) is 11.1 Å². The Kier molecular flexibility index (Phi) is 6.40. The van der Waals surface area contributed by atoms with E-state index in [9.17, 15) is 8.42 Å². The van der Waals surface area contributed by atoms with Crippen molar-refractivity contribution >= 4 is 10.0 Å². The Hall–Kier alpha value is -0.990. The van der Waals surface area contributed by atoms with Crippen LogP contribution >= 0.6 is 0 Å². The lowest BCUT2D eigenvalue weighted by atomic mass is 10.1. The van der Waals surface area contributed by atoms with Gasteiger partial charge in [-0.15, -0.1) is 0 Å². The fourth-order valence-electron chi connectivity index (χ4n) is 1.69. The highest BCUT2D eigenvalue weighted by Gasteiger charge is 2.21. The van der Waals surface area contributed by atoms with Crippen LogP contribution in [0.3, 0.4) is 0 Å². The third-order valence-electron chi connectivity index (χ3n) is 2.70. The van der Waals surface area contributed by atoms with Crippen molar-refractivity contribution in [3.8, 4) is 0 Å². The van der Waals surface area contributed by atoms with Crippen LogP contribution in [0, 0.1) is 0 Å². The van der Waals surface area contributed by atoms with Crippen molar-refractivity contribution in [3.05, 3.63) is 35.4 Å². The summed E-state index contributed by atoms with van der Waals surface area (Å²) >= 11 is 0. The molecular formula is C12H20N2O4S. The second kappa shape index (κ2) is 7.56. The number of aliphatic hydroxyl groups is 2. The number of rotatable bonds is 8. The number of nitrogens with zero attached hydrogens (tertiary/aromatic N) is 1. The average molecular weight is 288 g/mol. The molecule has 4 N–H and O–H groups in total. The van der Waals surface area contributed by atoms with Gasteiger partial charge in [0.25, 0.3) is 0 Å². The second-order valence-corrected chi connectivity index (χ2v) is 6.09. The van der Waals surface area contributed by atoms with E-state index >= 15 is 0 Å². The van der Waals surface area contributed by atoms with Crippen molar-refractivity contribution in [1.29, 1.82) is 0 Å². The first kappa shape index (κ1) is 16.1. The number of aliphatic hydroxyl groups excluding tert-OH is 2. The minimum absolute atomic E-state index is 0.0101. The molecule has 0 aliphatic rings. The van der Waals surface area contributed by atoms with E-state index in [0.29, 0.717) is 12.1 Å². The molecule has 0 fully saturated rings. The number of sulfonamides is 1. The monoisotopic (exact) mass is 288 g/mol. The molecule has 0 radical (unpaired) electrons. The molecule has 1 aromatic rings. The number of hydrogen-bond acceptors (Lipinski definition) is 5.